The van der Waals surface area contributed by atoms with Gasteiger partial charge in [-0.3, -0.25) is 4.79 Å². The molecule has 0 radical (unpaired) electrons. The van der Waals surface area contributed by atoms with E-state index in [9.17, 15) is 13.2 Å². The van der Waals surface area contributed by atoms with Crippen molar-refractivity contribution in [2.24, 2.45) is 5.73 Å². The summed E-state index contributed by atoms with van der Waals surface area (Å²) in [6.45, 7) is 2.78. The molecule has 0 bridgehead atoms. The van der Waals surface area contributed by atoms with Gasteiger partial charge in [0.15, 0.2) is 0 Å². The zero-order chi connectivity index (χ0) is 13.8. The predicted molar refractivity (Wildman–Crippen MR) is 77.7 cm³/mol. The lowest BCUT2D eigenvalue weighted by molar-refractivity contribution is -0.136. The number of nitrogens with zero attached hydrogens (tertiary/aromatic N) is 1. The van der Waals surface area contributed by atoms with Crippen LogP contribution in [0.3, 0.4) is 0 Å². The molecule has 1 heterocycles. The Bertz CT molecular complexity index is 387. The maximum Gasteiger partial charge on any atom is 0.239 e. The number of carbonyl (C=O) groups is 1. The number of nitrogens with one attached hydrogen (secondary N) is 1. The molecule has 1 aliphatic heterocycles. The number of likely N-dealkylation sites (tertiary alicyclic amines) is 1. The number of halogens is 1. The van der Waals surface area contributed by atoms with Crippen LogP contribution >= 0.6 is 12.4 Å². The topological polar surface area (TPSA) is 92.5 Å². The van der Waals surface area contributed by atoms with Gasteiger partial charge < -0.3 is 10.6 Å². The van der Waals surface area contributed by atoms with Gasteiger partial charge in [-0.05, 0) is 32.6 Å². The van der Waals surface area contributed by atoms with Crippen LogP contribution in [-0.2, 0) is 14.8 Å². The fourth-order valence-corrected chi connectivity index (χ4v) is 2.75. The molecule has 1 aliphatic rings. The van der Waals surface area contributed by atoms with Crippen molar-refractivity contribution >= 4 is 28.3 Å². The van der Waals surface area contributed by atoms with E-state index in [4.69, 9.17) is 5.73 Å². The second kappa shape index (κ2) is 8.04. The molecule has 2 atom stereocenters. The van der Waals surface area contributed by atoms with Crippen molar-refractivity contribution in [1.82, 2.24) is 9.62 Å². The van der Waals surface area contributed by atoms with Gasteiger partial charge in [0.25, 0.3) is 0 Å². The molecule has 2 unspecified atom stereocenters. The average Bonchev–Trinajstić information content (AvgIpc) is 2.27. The standard InChI is InChI=1S/C11H23N3O3S.ClH/c1-9(12)11(15)14-8-4-3-5-10(14)6-7-13-18(2,16)17;/h9-10,13H,3-8,12H2,1-2H3;1H. The first-order valence-electron chi connectivity index (χ1n) is 6.32. The summed E-state index contributed by atoms with van der Waals surface area (Å²) in [6, 6.07) is -0.389. The highest BCUT2D eigenvalue weighted by Gasteiger charge is 2.27. The van der Waals surface area contributed by atoms with Crippen molar-refractivity contribution in [2.75, 3.05) is 19.3 Å². The van der Waals surface area contributed by atoms with Gasteiger partial charge >= 0.3 is 0 Å². The molecule has 0 saturated carbocycles. The summed E-state index contributed by atoms with van der Waals surface area (Å²) < 4.78 is 24.4. The first-order valence-corrected chi connectivity index (χ1v) is 8.21. The van der Waals surface area contributed by atoms with Crippen LogP contribution in [0.4, 0.5) is 0 Å². The van der Waals surface area contributed by atoms with Gasteiger partial charge in [0, 0.05) is 19.1 Å². The molecule has 0 aromatic heterocycles. The lowest BCUT2D eigenvalue weighted by atomic mass is 9.98. The minimum atomic E-state index is -3.16. The van der Waals surface area contributed by atoms with E-state index in [-0.39, 0.29) is 24.4 Å². The van der Waals surface area contributed by atoms with Crippen molar-refractivity contribution in [3.63, 3.8) is 0 Å². The second-order valence-electron chi connectivity index (χ2n) is 4.93. The molecule has 0 aromatic carbocycles. The molecular weight excluding hydrogens is 290 g/mol. The van der Waals surface area contributed by atoms with Crippen LogP contribution in [0.1, 0.15) is 32.6 Å². The molecule has 114 valence electrons. The smallest absolute Gasteiger partial charge is 0.239 e. The van der Waals surface area contributed by atoms with Crippen LogP contribution in [0.5, 0.6) is 0 Å². The molecule has 1 rings (SSSR count). The molecule has 1 amide bonds. The highest BCUT2D eigenvalue weighted by atomic mass is 35.5. The minimum Gasteiger partial charge on any atom is -0.338 e. The molecule has 0 spiro atoms. The number of piperidine rings is 1. The molecule has 1 saturated heterocycles. The van der Waals surface area contributed by atoms with Crippen molar-refractivity contribution in [3.8, 4) is 0 Å². The summed E-state index contributed by atoms with van der Waals surface area (Å²) in [5.74, 6) is -0.0425. The van der Waals surface area contributed by atoms with Gasteiger partial charge in [0.05, 0.1) is 12.3 Å². The number of sulfonamides is 1. The molecule has 3 N–H and O–H groups in total. The maximum absolute atomic E-state index is 11.9. The predicted octanol–water partition coefficient (Wildman–Crippen LogP) is 0.0758. The third-order valence-corrected chi connectivity index (χ3v) is 3.87. The Morgan fingerprint density at radius 1 is 1.47 bits per heavy atom. The SMILES string of the molecule is CC(N)C(=O)N1CCCCC1CCNS(C)(=O)=O.Cl. The Morgan fingerprint density at radius 3 is 2.63 bits per heavy atom. The third-order valence-electron chi connectivity index (χ3n) is 3.14. The number of nitrogens with two attached hydrogens (primary N) is 1. The van der Waals surface area contributed by atoms with Crippen molar-refractivity contribution in [1.29, 1.82) is 0 Å². The van der Waals surface area contributed by atoms with Gasteiger partial charge in [-0.2, -0.15) is 0 Å². The van der Waals surface area contributed by atoms with E-state index in [1.54, 1.807) is 11.8 Å². The fourth-order valence-electron chi connectivity index (χ4n) is 2.26. The van der Waals surface area contributed by atoms with E-state index < -0.39 is 16.1 Å². The van der Waals surface area contributed by atoms with E-state index in [2.05, 4.69) is 4.72 Å². The summed E-state index contributed by atoms with van der Waals surface area (Å²) in [5.41, 5.74) is 5.62. The third kappa shape index (κ3) is 6.56. The average molecular weight is 314 g/mol. The largest absolute Gasteiger partial charge is 0.338 e. The van der Waals surface area contributed by atoms with Crippen molar-refractivity contribution < 1.29 is 13.2 Å². The molecule has 0 aliphatic carbocycles. The Morgan fingerprint density at radius 2 is 2.11 bits per heavy atom. The zero-order valence-electron chi connectivity index (χ0n) is 11.5. The molecule has 8 heteroatoms. The van der Waals surface area contributed by atoms with Gasteiger partial charge in [-0.15, -0.1) is 12.4 Å². The van der Waals surface area contributed by atoms with E-state index in [0.717, 1.165) is 32.1 Å². The first kappa shape index (κ1) is 18.6. The molecule has 1 fully saturated rings. The van der Waals surface area contributed by atoms with Gasteiger partial charge in [-0.1, -0.05) is 0 Å². The van der Waals surface area contributed by atoms with E-state index in [1.807, 2.05) is 0 Å². The Balaban J connectivity index is 0.00000324. The number of amides is 1. The highest BCUT2D eigenvalue weighted by molar-refractivity contribution is 7.88. The summed E-state index contributed by atoms with van der Waals surface area (Å²) in [4.78, 5) is 13.7. The van der Waals surface area contributed by atoms with Crippen LogP contribution in [-0.4, -0.2) is 50.7 Å². The summed E-state index contributed by atoms with van der Waals surface area (Å²) >= 11 is 0. The van der Waals surface area contributed by atoms with E-state index in [1.165, 1.54) is 0 Å². The summed E-state index contributed by atoms with van der Waals surface area (Å²) in [7, 11) is -3.16. The zero-order valence-corrected chi connectivity index (χ0v) is 13.1. The van der Waals surface area contributed by atoms with Crippen LogP contribution < -0.4 is 10.5 Å². The molecule has 0 aromatic rings. The maximum atomic E-state index is 11.9. The van der Waals surface area contributed by atoms with Crippen LogP contribution in [0, 0.1) is 0 Å². The van der Waals surface area contributed by atoms with E-state index >= 15 is 0 Å². The fraction of sp³-hybridized carbons (Fsp3) is 0.909. The Labute approximate surface area is 121 Å². The van der Waals surface area contributed by atoms with Crippen LogP contribution in [0.2, 0.25) is 0 Å². The second-order valence-corrected chi connectivity index (χ2v) is 6.76. The Hall–Kier alpha value is -0.370. The summed E-state index contributed by atoms with van der Waals surface area (Å²) in [6.07, 6.45) is 4.77. The Kier molecular flexibility index (Phi) is 7.88. The number of rotatable bonds is 5. The van der Waals surface area contributed by atoms with Crippen LogP contribution in [0.25, 0.3) is 0 Å². The quantitative estimate of drug-likeness (QED) is 0.751. The monoisotopic (exact) mass is 313 g/mol. The van der Waals surface area contributed by atoms with Crippen LogP contribution in [0.15, 0.2) is 0 Å². The van der Waals surface area contributed by atoms with Gasteiger partial charge in [-0.25, -0.2) is 13.1 Å². The number of hydrogen-bond acceptors (Lipinski definition) is 4. The van der Waals surface area contributed by atoms with Crippen molar-refractivity contribution in [3.05, 3.63) is 0 Å². The lowest BCUT2D eigenvalue weighted by Gasteiger charge is -2.36. The number of hydrogen-bond donors (Lipinski definition) is 2. The number of carbonyl (C=O) groups excluding carboxylic acids is 1. The highest BCUT2D eigenvalue weighted by Crippen LogP contribution is 2.20. The molecule has 19 heavy (non-hydrogen) atoms. The summed E-state index contributed by atoms with van der Waals surface area (Å²) in [5, 5.41) is 0. The van der Waals surface area contributed by atoms with Gasteiger partial charge in [0.2, 0.25) is 15.9 Å². The normalized spacial score (nSPS) is 21.6. The van der Waals surface area contributed by atoms with E-state index in [0.29, 0.717) is 13.0 Å². The molecular formula is C11H24ClN3O3S. The first-order chi connectivity index (χ1) is 8.31. The molecule has 6 nitrogen and oxygen atoms in total. The lowest BCUT2D eigenvalue weighted by Crippen LogP contribution is -2.50. The van der Waals surface area contributed by atoms with Gasteiger partial charge in [0.1, 0.15) is 0 Å². The van der Waals surface area contributed by atoms with Crippen molar-refractivity contribution in [2.45, 2.75) is 44.7 Å². The minimum absolute atomic E-state index is 0.